The lowest BCUT2D eigenvalue weighted by molar-refractivity contribution is 0.0606. The van der Waals surface area contributed by atoms with Crippen LogP contribution in [0.3, 0.4) is 0 Å². The fourth-order valence-corrected chi connectivity index (χ4v) is 4.76. The molecule has 1 unspecified atom stereocenters. The van der Waals surface area contributed by atoms with E-state index in [1.807, 2.05) is 43.3 Å². The van der Waals surface area contributed by atoms with Crippen molar-refractivity contribution >= 4 is 62.0 Å². The van der Waals surface area contributed by atoms with Crippen molar-refractivity contribution in [3.63, 3.8) is 0 Å². The highest BCUT2D eigenvalue weighted by atomic mass is 35.5. The minimum atomic E-state index is -0.444. The molecule has 2 N–H and O–H groups in total. The van der Waals surface area contributed by atoms with Crippen LogP contribution in [-0.2, 0) is 4.74 Å². The van der Waals surface area contributed by atoms with E-state index in [2.05, 4.69) is 10.6 Å². The van der Waals surface area contributed by atoms with E-state index >= 15 is 0 Å². The van der Waals surface area contributed by atoms with Crippen LogP contribution < -0.4 is 20.1 Å². The zero-order valence-electron chi connectivity index (χ0n) is 15.6. The van der Waals surface area contributed by atoms with Crippen molar-refractivity contribution in [2.75, 3.05) is 19.2 Å². The zero-order chi connectivity index (χ0) is 20.5. The van der Waals surface area contributed by atoms with Crippen molar-refractivity contribution in [1.82, 2.24) is 5.32 Å². The van der Waals surface area contributed by atoms with Crippen molar-refractivity contribution < 1.29 is 19.0 Å². The van der Waals surface area contributed by atoms with E-state index in [9.17, 15) is 4.79 Å². The van der Waals surface area contributed by atoms with Gasteiger partial charge in [0, 0.05) is 15.8 Å². The van der Waals surface area contributed by atoms with Crippen molar-refractivity contribution in [2.45, 2.75) is 13.0 Å². The van der Waals surface area contributed by atoms with Gasteiger partial charge in [0.15, 0.2) is 16.6 Å². The van der Waals surface area contributed by atoms with Crippen LogP contribution in [-0.4, -0.2) is 25.0 Å². The molecule has 0 spiro atoms. The number of halogens is 1. The second-order valence-corrected chi connectivity index (χ2v) is 8.22. The van der Waals surface area contributed by atoms with Crippen LogP contribution in [0.1, 0.15) is 28.2 Å². The predicted molar refractivity (Wildman–Crippen MR) is 119 cm³/mol. The van der Waals surface area contributed by atoms with Crippen molar-refractivity contribution in [2.24, 2.45) is 0 Å². The quantitative estimate of drug-likeness (QED) is 0.424. The van der Waals surface area contributed by atoms with E-state index in [1.54, 1.807) is 0 Å². The molecule has 29 heavy (non-hydrogen) atoms. The summed E-state index contributed by atoms with van der Waals surface area (Å²) in [5, 5.41) is 8.11. The Morgan fingerprint density at radius 1 is 1.24 bits per heavy atom. The molecule has 1 aliphatic heterocycles. The van der Waals surface area contributed by atoms with Gasteiger partial charge in [-0.1, -0.05) is 17.7 Å². The lowest BCUT2D eigenvalue weighted by Gasteiger charge is -2.18. The van der Waals surface area contributed by atoms with Gasteiger partial charge >= 0.3 is 5.97 Å². The number of carbonyl (C=O) groups is 1. The number of hydrogen-bond acceptors (Lipinski definition) is 6. The molecule has 0 aliphatic carbocycles. The van der Waals surface area contributed by atoms with Gasteiger partial charge in [0.2, 0.25) is 6.79 Å². The smallest absolute Gasteiger partial charge is 0.349 e. The molecular formula is C20H17ClN2O4S2. The third kappa shape index (κ3) is 3.96. The standard InChI is InChI=1S/C20H17ClN2O4S2/c1-10(11-3-6-14-15(7-11)27-9-26-14)22-20(28)23-12-4-5-13-16(8-12)29-18(17(13)21)19(24)25-2/h3-8,10H,9H2,1-2H3,(H2,22,23,28). The summed E-state index contributed by atoms with van der Waals surface area (Å²) < 4.78 is 16.4. The maximum atomic E-state index is 11.8. The molecule has 0 saturated heterocycles. The zero-order valence-corrected chi connectivity index (χ0v) is 18.0. The van der Waals surface area contributed by atoms with E-state index in [-0.39, 0.29) is 12.8 Å². The molecule has 0 bridgehead atoms. The van der Waals surface area contributed by atoms with Gasteiger partial charge in [0.25, 0.3) is 0 Å². The Hall–Kier alpha value is -2.55. The number of anilines is 1. The third-order valence-electron chi connectivity index (χ3n) is 4.50. The number of thiocarbonyl (C=S) groups is 1. The molecule has 1 aliphatic rings. The highest BCUT2D eigenvalue weighted by Crippen LogP contribution is 2.37. The van der Waals surface area contributed by atoms with Gasteiger partial charge in [0.05, 0.1) is 18.2 Å². The lowest BCUT2D eigenvalue weighted by Crippen LogP contribution is -2.30. The topological polar surface area (TPSA) is 68.8 Å². The summed E-state index contributed by atoms with van der Waals surface area (Å²) >= 11 is 13.0. The molecule has 1 aromatic heterocycles. The maximum Gasteiger partial charge on any atom is 0.349 e. The van der Waals surface area contributed by atoms with Gasteiger partial charge in [-0.15, -0.1) is 11.3 Å². The first-order valence-corrected chi connectivity index (χ1v) is 10.3. The number of methoxy groups -OCH3 is 1. The van der Waals surface area contributed by atoms with Crippen LogP contribution in [0.15, 0.2) is 36.4 Å². The lowest BCUT2D eigenvalue weighted by atomic mass is 10.1. The fourth-order valence-electron chi connectivity index (χ4n) is 3.00. The first-order chi connectivity index (χ1) is 14.0. The molecule has 0 fully saturated rings. The minimum Gasteiger partial charge on any atom is -0.465 e. The Morgan fingerprint density at radius 3 is 2.83 bits per heavy atom. The highest BCUT2D eigenvalue weighted by molar-refractivity contribution is 7.80. The molecule has 9 heteroatoms. The SMILES string of the molecule is COC(=O)c1sc2cc(NC(=S)NC(C)c3ccc4c(c3)OCO4)ccc2c1Cl. The summed E-state index contributed by atoms with van der Waals surface area (Å²) in [4.78, 5) is 12.2. The van der Waals surface area contributed by atoms with E-state index in [0.717, 1.165) is 32.8 Å². The van der Waals surface area contributed by atoms with E-state index < -0.39 is 5.97 Å². The fraction of sp³-hybridized carbons (Fsp3) is 0.200. The molecule has 6 nitrogen and oxygen atoms in total. The van der Waals surface area contributed by atoms with Gasteiger partial charge in [-0.05, 0) is 55.0 Å². The Morgan fingerprint density at radius 2 is 2.03 bits per heavy atom. The van der Waals surface area contributed by atoms with Gasteiger partial charge in [0.1, 0.15) is 4.88 Å². The average Bonchev–Trinajstić information content (AvgIpc) is 3.31. The van der Waals surface area contributed by atoms with Gasteiger partial charge in [-0.3, -0.25) is 0 Å². The molecule has 3 aromatic rings. The van der Waals surface area contributed by atoms with Crippen LogP contribution in [0.4, 0.5) is 5.69 Å². The molecule has 0 radical (unpaired) electrons. The first-order valence-electron chi connectivity index (χ1n) is 8.73. The van der Waals surface area contributed by atoms with Crippen LogP contribution in [0.2, 0.25) is 5.02 Å². The molecule has 150 valence electrons. The van der Waals surface area contributed by atoms with Crippen LogP contribution in [0, 0.1) is 0 Å². The molecule has 2 aromatic carbocycles. The second kappa shape index (κ2) is 8.06. The molecule has 1 atom stereocenters. The number of esters is 1. The maximum absolute atomic E-state index is 11.8. The van der Waals surface area contributed by atoms with Crippen molar-refractivity contribution in [3.8, 4) is 11.5 Å². The van der Waals surface area contributed by atoms with Gasteiger partial charge < -0.3 is 24.8 Å². The third-order valence-corrected chi connectivity index (χ3v) is 6.36. The Bertz CT molecular complexity index is 1120. The Balaban J connectivity index is 1.46. The molecular weight excluding hydrogens is 432 g/mol. The first kappa shape index (κ1) is 19.8. The number of thiophene rings is 1. The van der Waals surface area contributed by atoms with Crippen LogP contribution in [0.5, 0.6) is 11.5 Å². The van der Waals surface area contributed by atoms with E-state index in [0.29, 0.717) is 15.0 Å². The monoisotopic (exact) mass is 448 g/mol. The predicted octanol–water partition coefficient (Wildman–Crippen LogP) is 5.12. The normalized spacial score (nSPS) is 13.2. The Kier molecular flexibility index (Phi) is 5.49. The van der Waals surface area contributed by atoms with E-state index in [4.69, 9.17) is 38.0 Å². The molecule has 0 amide bonds. The highest BCUT2D eigenvalue weighted by Gasteiger charge is 2.19. The number of benzene rings is 2. The number of fused-ring (bicyclic) bond motifs is 2. The van der Waals surface area contributed by atoms with Crippen LogP contribution >= 0.6 is 35.2 Å². The summed E-state index contributed by atoms with van der Waals surface area (Å²) in [6.07, 6.45) is 0. The Labute approximate surface area is 181 Å². The largest absolute Gasteiger partial charge is 0.465 e. The average molecular weight is 449 g/mol. The molecule has 2 heterocycles. The summed E-state index contributed by atoms with van der Waals surface area (Å²) in [6.45, 7) is 2.25. The summed E-state index contributed by atoms with van der Waals surface area (Å²) in [7, 11) is 1.33. The second-order valence-electron chi connectivity index (χ2n) is 6.38. The molecule has 4 rings (SSSR count). The number of hydrogen-bond donors (Lipinski definition) is 2. The number of ether oxygens (including phenoxy) is 3. The van der Waals surface area contributed by atoms with Crippen molar-refractivity contribution in [3.05, 3.63) is 51.9 Å². The number of nitrogens with one attached hydrogen (secondary N) is 2. The minimum absolute atomic E-state index is 0.0321. The van der Waals surface area contributed by atoms with Gasteiger partial charge in [-0.25, -0.2) is 4.79 Å². The van der Waals surface area contributed by atoms with Crippen molar-refractivity contribution in [1.29, 1.82) is 0 Å². The summed E-state index contributed by atoms with van der Waals surface area (Å²) in [6, 6.07) is 11.4. The number of rotatable bonds is 4. The number of carbonyl (C=O) groups excluding carboxylic acids is 1. The van der Waals surface area contributed by atoms with Crippen LogP contribution in [0.25, 0.3) is 10.1 Å². The van der Waals surface area contributed by atoms with E-state index in [1.165, 1.54) is 18.4 Å². The summed E-state index contributed by atoms with van der Waals surface area (Å²) in [5.74, 6) is 1.03. The molecule has 0 saturated carbocycles. The summed E-state index contributed by atoms with van der Waals surface area (Å²) in [5.41, 5.74) is 1.82. The van der Waals surface area contributed by atoms with Gasteiger partial charge in [-0.2, -0.15) is 0 Å².